The standard InChI is InChI=1S/C20H17N3O3S/c1-13-7-8-15-14(10-19(24)26-18(15)9-13)11-27-20-22-21-12-23(20)16-5-3-4-6-17(16)25-2/h3-10,12H,11H2,1-2H3. The van der Waals surface area contributed by atoms with Crippen molar-refractivity contribution in [3.05, 3.63) is 76.4 Å². The molecular weight excluding hydrogens is 362 g/mol. The fourth-order valence-electron chi connectivity index (χ4n) is 2.92. The Balaban J connectivity index is 1.67. The third-order valence-corrected chi connectivity index (χ3v) is 5.20. The molecule has 0 unspecified atom stereocenters. The van der Waals surface area contributed by atoms with Crippen LogP contribution in [0.3, 0.4) is 0 Å². The summed E-state index contributed by atoms with van der Waals surface area (Å²) in [6, 6.07) is 15.1. The zero-order chi connectivity index (χ0) is 18.8. The van der Waals surface area contributed by atoms with Crippen LogP contribution >= 0.6 is 11.8 Å². The Labute approximate surface area is 159 Å². The second kappa shape index (κ2) is 7.28. The fraction of sp³-hybridized carbons (Fsp3) is 0.150. The lowest BCUT2D eigenvalue weighted by Crippen LogP contribution is -2.01. The minimum absolute atomic E-state index is 0.352. The average molecular weight is 379 g/mol. The monoisotopic (exact) mass is 379 g/mol. The van der Waals surface area contributed by atoms with Crippen molar-refractivity contribution in [1.29, 1.82) is 0 Å². The van der Waals surface area contributed by atoms with E-state index in [1.807, 2.05) is 54.0 Å². The largest absolute Gasteiger partial charge is 0.495 e. The van der Waals surface area contributed by atoms with Gasteiger partial charge in [0.25, 0.3) is 0 Å². The van der Waals surface area contributed by atoms with E-state index < -0.39 is 0 Å². The highest BCUT2D eigenvalue weighted by Crippen LogP contribution is 2.30. The molecule has 0 aliphatic carbocycles. The highest BCUT2D eigenvalue weighted by molar-refractivity contribution is 7.98. The molecule has 0 aliphatic rings. The smallest absolute Gasteiger partial charge is 0.336 e. The number of hydrogen-bond donors (Lipinski definition) is 0. The van der Waals surface area contributed by atoms with Crippen molar-refractivity contribution in [2.45, 2.75) is 17.8 Å². The summed E-state index contributed by atoms with van der Waals surface area (Å²) < 4.78 is 12.6. The number of ether oxygens (including phenoxy) is 1. The van der Waals surface area contributed by atoms with E-state index in [-0.39, 0.29) is 5.63 Å². The highest BCUT2D eigenvalue weighted by atomic mass is 32.2. The number of aromatic nitrogens is 3. The molecule has 0 saturated carbocycles. The molecule has 0 bridgehead atoms. The molecular formula is C20H17N3O3S. The predicted molar refractivity (Wildman–Crippen MR) is 105 cm³/mol. The molecule has 0 aliphatic heterocycles. The SMILES string of the molecule is COc1ccccc1-n1cnnc1SCc1cc(=O)oc2cc(C)ccc12. The summed E-state index contributed by atoms with van der Waals surface area (Å²) in [6.45, 7) is 1.97. The second-order valence-corrected chi connectivity index (χ2v) is 6.98. The molecule has 2 aromatic carbocycles. The van der Waals surface area contributed by atoms with Crippen molar-refractivity contribution >= 4 is 22.7 Å². The van der Waals surface area contributed by atoms with E-state index in [1.165, 1.54) is 17.8 Å². The van der Waals surface area contributed by atoms with Gasteiger partial charge in [0.05, 0.1) is 12.8 Å². The van der Waals surface area contributed by atoms with E-state index in [2.05, 4.69) is 10.2 Å². The van der Waals surface area contributed by atoms with E-state index in [1.54, 1.807) is 13.4 Å². The molecule has 0 fully saturated rings. The Hall–Kier alpha value is -3.06. The molecule has 7 heteroatoms. The van der Waals surface area contributed by atoms with Gasteiger partial charge >= 0.3 is 5.63 Å². The van der Waals surface area contributed by atoms with E-state index in [9.17, 15) is 4.79 Å². The van der Waals surface area contributed by atoms with Crippen LogP contribution in [0, 0.1) is 6.92 Å². The van der Waals surface area contributed by atoms with E-state index in [4.69, 9.17) is 9.15 Å². The molecule has 27 heavy (non-hydrogen) atoms. The lowest BCUT2D eigenvalue weighted by molar-refractivity contribution is 0.412. The highest BCUT2D eigenvalue weighted by Gasteiger charge is 2.13. The van der Waals surface area contributed by atoms with Crippen LogP contribution in [0.2, 0.25) is 0 Å². The number of hydrogen-bond acceptors (Lipinski definition) is 6. The van der Waals surface area contributed by atoms with Crippen LogP contribution in [-0.4, -0.2) is 21.9 Å². The van der Waals surface area contributed by atoms with Gasteiger partial charge in [-0.3, -0.25) is 4.57 Å². The van der Waals surface area contributed by atoms with Crippen molar-refractivity contribution in [3.8, 4) is 11.4 Å². The van der Waals surface area contributed by atoms with Crippen molar-refractivity contribution in [1.82, 2.24) is 14.8 Å². The Bertz CT molecular complexity index is 1170. The van der Waals surface area contributed by atoms with Crippen molar-refractivity contribution < 1.29 is 9.15 Å². The van der Waals surface area contributed by atoms with Gasteiger partial charge in [-0.25, -0.2) is 4.79 Å². The van der Waals surface area contributed by atoms with Crippen LogP contribution in [0.25, 0.3) is 16.7 Å². The summed E-state index contributed by atoms with van der Waals surface area (Å²) in [5.74, 6) is 1.30. The molecule has 0 amide bonds. The summed E-state index contributed by atoms with van der Waals surface area (Å²) in [7, 11) is 1.63. The maximum absolute atomic E-state index is 11.9. The predicted octanol–water partition coefficient (Wildman–Crippen LogP) is 3.98. The molecule has 0 radical (unpaired) electrons. The van der Waals surface area contributed by atoms with Gasteiger partial charge in [-0.1, -0.05) is 36.0 Å². The van der Waals surface area contributed by atoms with Gasteiger partial charge < -0.3 is 9.15 Å². The van der Waals surface area contributed by atoms with E-state index in [0.29, 0.717) is 16.5 Å². The van der Waals surface area contributed by atoms with Gasteiger partial charge in [0.1, 0.15) is 17.7 Å². The molecule has 0 spiro atoms. The second-order valence-electron chi connectivity index (χ2n) is 6.03. The summed E-state index contributed by atoms with van der Waals surface area (Å²) in [6.07, 6.45) is 1.65. The van der Waals surface area contributed by atoms with Crippen LogP contribution < -0.4 is 10.4 Å². The zero-order valence-electron chi connectivity index (χ0n) is 14.9. The van der Waals surface area contributed by atoms with E-state index >= 15 is 0 Å². The fourth-order valence-corrected chi connectivity index (χ4v) is 3.83. The number of aryl methyl sites for hydroxylation is 1. The summed E-state index contributed by atoms with van der Waals surface area (Å²) in [5, 5.41) is 9.90. The van der Waals surface area contributed by atoms with Gasteiger partial charge in [0.2, 0.25) is 0 Å². The van der Waals surface area contributed by atoms with Gasteiger partial charge in [0.15, 0.2) is 5.16 Å². The number of para-hydroxylation sites is 2. The first-order chi connectivity index (χ1) is 13.2. The van der Waals surface area contributed by atoms with Crippen LogP contribution in [0.4, 0.5) is 0 Å². The number of thioether (sulfide) groups is 1. The maximum Gasteiger partial charge on any atom is 0.336 e. The lowest BCUT2D eigenvalue weighted by atomic mass is 10.1. The van der Waals surface area contributed by atoms with Crippen LogP contribution in [0.5, 0.6) is 5.75 Å². The van der Waals surface area contributed by atoms with E-state index in [0.717, 1.165) is 28.0 Å². The average Bonchev–Trinajstić information content (AvgIpc) is 3.14. The van der Waals surface area contributed by atoms with Crippen LogP contribution in [-0.2, 0) is 5.75 Å². The Morgan fingerprint density at radius 3 is 2.89 bits per heavy atom. The molecule has 2 aromatic heterocycles. The Morgan fingerprint density at radius 2 is 2.04 bits per heavy atom. The summed E-state index contributed by atoms with van der Waals surface area (Å²) >= 11 is 1.50. The van der Waals surface area contributed by atoms with Crippen LogP contribution in [0.15, 0.2) is 69.2 Å². The number of benzene rings is 2. The molecule has 136 valence electrons. The van der Waals surface area contributed by atoms with Gasteiger partial charge in [0, 0.05) is 17.2 Å². The first-order valence-corrected chi connectivity index (χ1v) is 9.34. The van der Waals surface area contributed by atoms with Gasteiger partial charge in [-0.15, -0.1) is 10.2 Å². The first kappa shape index (κ1) is 17.4. The van der Waals surface area contributed by atoms with Crippen molar-refractivity contribution in [3.63, 3.8) is 0 Å². The topological polar surface area (TPSA) is 70.2 Å². The van der Waals surface area contributed by atoms with Crippen LogP contribution in [0.1, 0.15) is 11.1 Å². The number of nitrogens with zero attached hydrogens (tertiary/aromatic N) is 3. The molecule has 4 rings (SSSR count). The normalized spacial score (nSPS) is 11.0. The Kier molecular flexibility index (Phi) is 4.68. The van der Waals surface area contributed by atoms with Gasteiger partial charge in [-0.2, -0.15) is 0 Å². The molecule has 4 aromatic rings. The number of rotatable bonds is 5. The van der Waals surface area contributed by atoms with Gasteiger partial charge in [-0.05, 0) is 36.2 Å². The zero-order valence-corrected chi connectivity index (χ0v) is 15.7. The molecule has 0 N–H and O–H groups in total. The molecule has 2 heterocycles. The molecule has 0 atom stereocenters. The van der Waals surface area contributed by atoms with Crippen molar-refractivity contribution in [2.24, 2.45) is 0 Å². The number of methoxy groups -OCH3 is 1. The quantitative estimate of drug-likeness (QED) is 0.386. The first-order valence-electron chi connectivity index (χ1n) is 8.35. The third-order valence-electron chi connectivity index (χ3n) is 4.20. The summed E-state index contributed by atoms with van der Waals surface area (Å²) in [5.41, 5.74) is 3.06. The minimum atomic E-state index is -0.352. The van der Waals surface area contributed by atoms with Crippen molar-refractivity contribution in [2.75, 3.05) is 7.11 Å². The lowest BCUT2D eigenvalue weighted by Gasteiger charge is -2.11. The minimum Gasteiger partial charge on any atom is -0.495 e. The third kappa shape index (κ3) is 3.46. The molecule has 6 nitrogen and oxygen atoms in total. The number of fused-ring (bicyclic) bond motifs is 1. The summed E-state index contributed by atoms with van der Waals surface area (Å²) in [4.78, 5) is 11.9. The molecule has 0 saturated heterocycles. The Morgan fingerprint density at radius 1 is 1.19 bits per heavy atom. The maximum atomic E-state index is 11.9.